The summed E-state index contributed by atoms with van der Waals surface area (Å²) in [6.07, 6.45) is 2.79. The Morgan fingerprint density at radius 2 is 2.26 bits per heavy atom. The molecule has 0 atom stereocenters. The number of aromatic nitrogens is 3. The van der Waals surface area contributed by atoms with E-state index in [1.54, 1.807) is 0 Å². The number of anilines is 1. The lowest BCUT2D eigenvalue weighted by atomic mass is 10.1. The number of nitrogens with zero attached hydrogens (tertiary/aromatic N) is 2. The summed E-state index contributed by atoms with van der Waals surface area (Å²) in [7, 11) is 0. The molecule has 1 aliphatic rings. The number of rotatable bonds is 2. The van der Waals surface area contributed by atoms with E-state index in [4.69, 9.17) is 5.73 Å². The molecular weight excluding hydrogens is 358 g/mol. The zero-order valence-electron chi connectivity index (χ0n) is 12.4. The molecule has 3 aromatic rings. The Morgan fingerprint density at radius 3 is 3.13 bits per heavy atom. The molecule has 0 radical (unpaired) electrons. The predicted molar refractivity (Wildman–Crippen MR) is 93.1 cm³/mol. The number of nitrogens with one attached hydrogen (secondary N) is 2. The van der Waals surface area contributed by atoms with Crippen molar-refractivity contribution < 1.29 is 0 Å². The SMILES string of the molecule is Nc1nc2c(c(=O)[nH]1)CN(Cc1c[nH]c3cc(Br)ccc13)CC2. The Balaban J connectivity index is 1.61. The van der Waals surface area contributed by atoms with Crippen LogP contribution >= 0.6 is 15.9 Å². The number of aromatic amines is 2. The lowest BCUT2D eigenvalue weighted by Gasteiger charge is -2.27. The van der Waals surface area contributed by atoms with Crippen LogP contribution in [0.5, 0.6) is 0 Å². The monoisotopic (exact) mass is 373 g/mol. The van der Waals surface area contributed by atoms with Crippen LogP contribution in [-0.2, 0) is 19.5 Å². The van der Waals surface area contributed by atoms with Gasteiger partial charge in [0.25, 0.3) is 5.56 Å². The average molecular weight is 374 g/mol. The molecule has 4 N–H and O–H groups in total. The van der Waals surface area contributed by atoms with Crippen LogP contribution in [0.25, 0.3) is 10.9 Å². The van der Waals surface area contributed by atoms with Gasteiger partial charge in [0, 0.05) is 47.6 Å². The van der Waals surface area contributed by atoms with Gasteiger partial charge in [-0.15, -0.1) is 0 Å². The van der Waals surface area contributed by atoms with Gasteiger partial charge in [-0.2, -0.15) is 0 Å². The minimum absolute atomic E-state index is 0.125. The Kier molecular flexibility index (Phi) is 3.46. The van der Waals surface area contributed by atoms with Crippen LogP contribution in [0.1, 0.15) is 16.8 Å². The van der Waals surface area contributed by atoms with Crippen molar-refractivity contribution in [1.82, 2.24) is 19.9 Å². The first-order valence-electron chi connectivity index (χ1n) is 7.45. The van der Waals surface area contributed by atoms with Crippen LogP contribution in [0.15, 0.2) is 33.7 Å². The molecule has 0 spiro atoms. The highest BCUT2D eigenvalue weighted by Gasteiger charge is 2.21. The van der Waals surface area contributed by atoms with Gasteiger partial charge < -0.3 is 10.7 Å². The number of hydrogen-bond donors (Lipinski definition) is 3. The second-order valence-corrected chi connectivity index (χ2v) is 6.76. The lowest BCUT2D eigenvalue weighted by Crippen LogP contribution is -2.35. The van der Waals surface area contributed by atoms with Crippen LogP contribution in [-0.4, -0.2) is 26.4 Å². The summed E-state index contributed by atoms with van der Waals surface area (Å²) >= 11 is 3.49. The molecule has 118 valence electrons. The number of fused-ring (bicyclic) bond motifs is 2. The van der Waals surface area contributed by atoms with Gasteiger partial charge in [-0.25, -0.2) is 4.98 Å². The second-order valence-electron chi connectivity index (χ2n) is 5.84. The molecule has 0 bridgehead atoms. The van der Waals surface area contributed by atoms with Crippen LogP contribution in [0.3, 0.4) is 0 Å². The molecule has 0 fully saturated rings. The zero-order chi connectivity index (χ0) is 16.0. The quantitative estimate of drug-likeness (QED) is 0.641. The number of nitrogen functional groups attached to an aromatic ring is 1. The van der Waals surface area contributed by atoms with Gasteiger partial charge in [0.1, 0.15) is 0 Å². The first-order chi connectivity index (χ1) is 11.1. The van der Waals surface area contributed by atoms with E-state index >= 15 is 0 Å². The Bertz CT molecular complexity index is 945. The summed E-state index contributed by atoms with van der Waals surface area (Å²) < 4.78 is 1.06. The normalized spacial score (nSPS) is 15.0. The van der Waals surface area contributed by atoms with Crippen molar-refractivity contribution in [3.05, 3.63) is 56.0 Å². The third-order valence-corrected chi connectivity index (χ3v) is 4.78. The van der Waals surface area contributed by atoms with E-state index in [9.17, 15) is 4.79 Å². The molecule has 3 heterocycles. The van der Waals surface area contributed by atoms with Crippen LogP contribution < -0.4 is 11.3 Å². The summed E-state index contributed by atoms with van der Waals surface area (Å²) in [5.74, 6) is 0.199. The molecule has 0 unspecified atom stereocenters. The third-order valence-electron chi connectivity index (χ3n) is 4.29. The maximum Gasteiger partial charge on any atom is 0.257 e. The number of H-pyrrole nitrogens is 2. The van der Waals surface area contributed by atoms with Gasteiger partial charge in [0.05, 0.1) is 11.3 Å². The highest BCUT2D eigenvalue weighted by Crippen LogP contribution is 2.25. The van der Waals surface area contributed by atoms with E-state index in [1.165, 1.54) is 10.9 Å². The average Bonchev–Trinajstić information content (AvgIpc) is 2.90. The van der Waals surface area contributed by atoms with E-state index in [0.29, 0.717) is 6.54 Å². The van der Waals surface area contributed by atoms with Crippen LogP contribution in [0, 0.1) is 0 Å². The molecule has 0 amide bonds. The van der Waals surface area contributed by atoms with E-state index in [2.05, 4.69) is 47.9 Å². The third kappa shape index (κ3) is 2.66. The highest BCUT2D eigenvalue weighted by molar-refractivity contribution is 9.10. The summed E-state index contributed by atoms with van der Waals surface area (Å²) in [4.78, 5) is 24.5. The summed E-state index contributed by atoms with van der Waals surface area (Å²) in [6, 6.07) is 6.22. The molecule has 0 saturated heterocycles. The van der Waals surface area contributed by atoms with Gasteiger partial charge >= 0.3 is 0 Å². The fourth-order valence-electron chi connectivity index (χ4n) is 3.17. The van der Waals surface area contributed by atoms with Crippen molar-refractivity contribution in [3.63, 3.8) is 0 Å². The van der Waals surface area contributed by atoms with Crippen molar-refractivity contribution in [2.45, 2.75) is 19.5 Å². The van der Waals surface area contributed by atoms with Crippen molar-refractivity contribution in [3.8, 4) is 0 Å². The minimum atomic E-state index is -0.125. The van der Waals surface area contributed by atoms with Crippen molar-refractivity contribution in [1.29, 1.82) is 0 Å². The van der Waals surface area contributed by atoms with Crippen LogP contribution in [0.2, 0.25) is 0 Å². The summed E-state index contributed by atoms with van der Waals surface area (Å²) in [5, 5.41) is 1.21. The smallest absolute Gasteiger partial charge is 0.257 e. The molecule has 2 aromatic heterocycles. The van der Waals surface area contributed by atoms with Gasteiger partial charge in [0.2, 0.25) is 5.95 Å². The first kappa shape index (κ1) is 14.5. The molecule has 6 nitrogen and oxygen atoms in total. The molecule has 1 aromatic carbocycles. The first-order valence-corrected chi connectivity index (χ1v) is 8.25. The Morgan fingerprint density at radius 1 is 1.39 bits per heavy atom. The highest BCUT2D eigenvalue weighted by atomic mass is 79.9. The number of benzene rings is 1. The fourth-order valence-corrected chi connectivity index (χ4v) is 3.53. The Hall–Kier alpha value is -2.12. The number of nitrogens with two attached hydrogens (primary N) is 1. The lowest BCUT2D eigenvalue weighted by molar-refractivity contribution is 0.243. The van der Waals surface area contributed by atoms with Gasteiger partial charge in [-0.05, 0) is 17.7 Å². The molecule has 7 heteroatoms. The fraction of sp³-hybridized carbons (Fsp3) is 0.250. The molecule has 1 aliphatic heterocycles. The van der Waals surface area contributed by atoms with Crippen molar-refractivity contribution in [2.75, 3.05) is 12.3 Å². The molecule has 0 aliphatic carbocycles. The van der Waals surface area contributed by atoms with Crippen LogP contribution in [0.4, 0.5) is 5.95 Å². The maximum atomic E-state index is 12.1. The predicted octanol–water partition coefficient (Wildman–Crippen LogP) is 2.15. The second kappa shape index (κ2) is 5.50. The molecule has 23 heavy (non-hydrogen) atoms. The topological polar surface area (TPSA) is 90.8 Å². The standard InChI is InChI=1S/C16H16BrN5O/c17-10-1-2-11-9(6-19-14(11)5-10)7-22-4-3-13-12(8-22)15(23)21-16(18)20-13/h1-2,5-6,19H,3-4,7-8H2,(H3,18,20,21,23). The summed E-state index contributed by atoms with van der Waals surface area (Å²) in [5.41, 5.74) is 9.38. The number of hydrogen-bond acceptors (Lipinski definition) is 4. The largest absolute Gasteiger partial charge is 0.369 e. The molecule has 0 saturated carbocycles. The molecule has 4 rings (SSSR count). The number of halogens is 1. The Labute approximate surface area is 140 Å². The van der Waals surface area contributed by atoms with Gasteiger partial charge in [0.15, 0.2) is 0 Å². The van der Waals surface area contributed by atoms with E-state index in [-0.39, 0.29) is 11.5 Å². The maximum absolute atomic E-state index is 12.1. The zero-order valence-corrected chi connectivity index (χ0v) is 14.0. The van der Waals surface area contributed by atoms with Crippen molar-refractivity contribution >= 4 is 32.8 Å². The summed E-state index contributed by atoms with van der Waals surface area (Å²) in [6.45, 7) is 2.26. The molecular formula is C16H16BrN5O. The van der Waals surface area contributed by atoms with Gasteiger partial charge in [-0.1, -0.05) is 22.0 Å². The van der Waals surface area contributed by atoms with Crippen molar-refractivity contribution in [2.24, 2.45) is 0 Å². The van der Waals surface area contributed by atoms with Gasteiger partial charge in [-0.3, -0.25) is 14.7 Å². The minimum Gasteiger partial charge on any atom is -0.369 e. The van der Waals surface area contributed by atoms with E-state index in [0.717, 1.165) is 40.8 Å². The van der Waals surface area contributed by atoms with E-state index < -0.39 is 0 Å². The van der Waals surface area contributed by atoms with E-state index in [1.807, 2.05) is 12.3 Å².